The van der Waals surface area contributed by atoms with Crippen LogP contribution in [0.15, 0.2) is 18.2 Å². The summed E-state index contributed by atoms with van der Waals surface area (Å²) in [5, 5.41) is 12.9. The number of benzene rings is 1. The molecular formula is C13H13FN4O. The van der Waals surface area contributed by atoms with Gasteiger partial charge >= 0.3 is 0 Å². The van der Waals surface area contributed by atoms with Crippen molar-refractivity contribution in [3.05, 3.63) is 35.3 Å². The topological polar surface area (TPSA) is 76.9 Å². The molecular weight excluding hydrogens is 247 g/mol. The monoisotopic (exact) mass is 260 g/mol. The van der Waals surface area contributed by atoms with Gasteiger partial charge in [0.15, 0.2) is 0 Å². The van der Waals surface area contributed by atoms with Crippen LogP contribution < -0.4 is 10.5 Å². The Bertz CT molecular complexity index is 657. The molecule has 2 N–H and O–H groups in total. The van der Waals surface area contributed by atoms with E-state index in [0.29, 0.717) is 23.8 Å². The number of hydrogen-bond acceptors (Lipinski definition) is 4. The molecule has 0 spiro atoms. The van der Waals surface area contributed by atoms with Gasteiger partial charge in [-0.3, -0.25) is 0 Å². The molecule has 0 bridgehead atoms. The third kappa shape index (κ3) is 2.36. The molecule has 0 amide bonds. The minimum Gasteiger partial charge on any atom is -0.437 e. The molecule has 5 nitrogen and oxygen atoms in total. The molecule has 2 aromatic rings. The van der Waals surface area contributed by atoms with Crippen molar-refractivity contribution in [1.29, 1.82) is 5.26 Å². The number of halogens is 1. The Hall–Kier alpha value is -2.55. The second kappa shape index (κ2) is 4.98. The number of nitrogens with zero attached hydrogens (tertiary/aromatic N) is 3. The van der Waals surface area contributed by atoms with Gasteiger partial charge in [0, 0.05) is 12.6 Å². The van der Waals surface area contributed by atoms with E-state index in [1.807, 2.05) is 6.92 Å². The predicted molar refractivity (Wildman–Crippen MR) is 68.2 cm³/mol. The normalized spacial score (nSPS) is 10.2. The molecule has 0 fully saturated rings. The van der Waals surface area contributed by atoms with Gasteiger partial charge in [-0.2, -0.15) is 10.4 Å². The zero-order valence-corrected chi connectivity index (χ0v) is 10.6. The zero-order chi connectivity index (χ0) is 14.0. The van der Waals surface area contributed by atoms with Gasteiger partial charge in [0.2, 0.25) is 5.88 Å². The van der Waals surface area contributed by atoms with E-state index in [9.17, 15) is 4.39 Å². The van der Waals surface area contributed by atoms with Crippen molar-refractivity contribution in [2.75, 3.05) is 5.73 Å². The lowest BCUT2D eigenvalue weighted by Crippen LogP contribution is -2.01. The summed E-state index contributed by atoms with van der Waals surface area (Å²) in [5.41, 5.74) is 6.92. The number of nitrogen functional groups attached to an aromatic ring is 1. The molecule has 1 aromatic heterocycles. The SMILES string of the molecule is CCn1nc(C)c(N)c1Oc1ccc(C#N)c(F)c1. The van der Waals surface area contributed by atoms with Gasteiger partial charge in [0.05, 0.1) is 11.3 Å². The second-order valence-corrected chi connectivity index (χ2v) is 3.98. The first kappa shape index (κ1) is 12.9. The molecule has 6 heteroatoms. The van der Waals surface area contributed by atoms with Crippen LogP contribution in [0.1, 0.15) is 18.2 Å². The van der Waals surface area contributed by atoms with E-state index in [1.54, 1.807) is 17.7 Å². The number of anilines is 1. The first-order valence-electron chi connectivity index (χ1n) is 5.77. The fourth-order valence-electron chi connectivity index (χ4n) is 1.66. The largest absolute Gasteiger partial charge is 0.437 e. The standard InChI is InChI=1S/C13H13FN4O/c1-3-18-13(12(16)8(2)17-18)19-10-5-4-9(7-15)11(14)6-10/h4-6H,3,16H2,1-2H3. The first-order chi connectivity index (χ1) is 9.06. The molecule has 2 rings (SSSR count). The molecule has 98 valence electrons. The average Bonchev–Trinajstić information content (AvgIpc) is 2.67. The third-order valence-corrected chi connectivity index (χ3v) is 2.70. The highest BCUT2D eigenvalue weighted by molar-refractivity contribution is 5.54. The van der Waals surface area contributed by atoms with E-state index in [1.165, 1.54) is 12.1 Å². The summed E-state index contributed by atoms with van der Waals surface area (Å²) in [6.07, 6.45) is 0. The lowest BCUT2D eigenvalue weighted by atomic mass is 10.2. The number of hydrogen-bond donors (Lipinski definition) is 1. The minimum absolute atomic E-state index is 0.0273. The number of aromatic nitrogens is 2. The third-order valence-electron chi connectivity index (χ3n) is 2.70. The Morgan fingerprint density at radius 2 is 2.26 bits per heavy atom. The minimum atomic E-state index is -0.627. The van der Waals surface area contributed by atoms with Crippen LogP contribution in [0.25, 0.3) is 0 Å². The van der Waals surface area contributed by atoms with Gasteiger partial charge in [-0.15, -0.1) is 0 Å². The van der Waals surface area contributed by atoms with Crippen LogP contribution in [0.2, 0.25) is 0 Å². The average molecular weight is 260 g/mol. The molecule has 0 saturated carbocycles. The first-order valence-corrected chi connectivity index (χ1v) is 5.77. The second-order valence-electron chi connectivity index (χ2n) is 3.98. The molecule has 0 aliphatic heterocycles. The highest BCUT2D eigenvalue weighted by Crippen LogP contribution is 2.30. The molecule has 0 aliphatic carbocycles. The molecule has 0 saturated heterocycles. The summed E-state index contributed by atoms with van der Waals surface area (Å²) in [6, 6.07) is 5.78. The highest BCUT2D eigenvalue weighted by Gasteiger charge is 2.14. The lowest BCUT2D eigenvalue weighted by molar-refractivity contribution is 0.415. The van der Waals surface area contributed by atoms with Gasteiger partial charge in [0.25, 0.3) is 0 Å². The Balaban J connectivity index is 2.37. The number of aryl methyl sites for hydroxylation is 2. The van der Waals surface area contributed by atoms with Crippen LogP contribution >= 0.6 is 0 Å². The van der Waals surface area contributed by atoms with Crippen molar-refractivity contribution < 1.29 is 9.13 Å². The van der Waals surface area contributed by atoms with Crippen molar-refractivity contribution >= 4 is 5.69 Å². The van der Waals surface area contributed by atoms with E-state index >= 15 is 0 Å². The molecule has 1 aromatic carbocycles. The molecule has 19 heavy (non-hydrogen) atoms. The molecule has 1 heterocycles. The maximum Gasteiger partial charge on any atom is 0.241 e. The van der Waals surface area contributed by atoms with E-state index < -0.39 is 5.82 Å². The van der Waals surface area contributed by atoms with E-state index in [4.69, 9.17) is 15.7 Å². The maximum atomic E-state index is 13.5. The molecule has 0 atom stereocenters. The number of ether oxygens (including phenoxy) is 1. The van der Waals surface area contributed by atoms with E-state index in [2.05, 4.69) is 5.10 Å². The number of nitriles is 1. The molecule has 0 unspecified atom stereocenters. The highest BCUT2D eigenvalue weighted by atomic mass is 19.1. The van der Waals surface area contributed by atoms with Gasteiger partial charge in [-0.25, -0.2) is 9.07 Å². The van der Waals surface area contributed by atoms with Crippen molar-refractivity contribution in [1.82, 2.24) is 9.78 Å². The van der Waals surface area contributed by atoms with Crippen molar-refractivity contribution in [3.63, 3.8) is 0 Å². The quantitative estimate of drug-likeness (QED) is 0.920. The summed E-state index contributed by atoms with van der Waals surface area (Å²) in [6.45, 7) is 4.26. The van der Waals surface area contributed by atoms with Crippen LogP contribution in [0.3, 0.4) is 0 Å². The zero-order valence-electron chi connectivity index (χ0n) is 10.6. The van der Waals surface area contributed by atoms with Crippen LogP contribution in [-0.4, -0.2) is 9.78 Å². The van der Waals surface area contributed by atoms with E-state index in [0.717, 1.165) is 6.07 Å². The number of rotatable bonds is 3. The maximum absolute atomic E-state index is 13.5. The predicted octanol–water partition coefficient (Wildman–Crippen LogP) is 2.60. The lowest BCUT2D eigenvalue weighted by Gasteiger charge is -2.08. The van der Waals surface area contributed by atoms with Gasteiger partial charge in [-0.1, -0.05) is 0 Å². The van der Waals surface area contributed by atoms with Crippen LogP contribution in [-0.2, 0) is 6.54 Å². The fourth-order valence-corrected chi connectivity index (χ4v) is 1.66. The van der Waals surface area contributed by atoms with Crippen molar-refractivity contribution in [2.24, 2.45) is 0 Å². The summed E-state index contributed by atoms with van der Waals surface area (Å²) >= 11 is 0. The van der Waals surface area contributed by atoms with Crippen LogP contribution in [0.5, 0.6) is 11.6 Å². The summed E-state index contributed by atoms with van der Waals surface area (Å²) in [5.74, 6) is 0.0276. The molecule has 0 aliphatic rings. The summed E-state index contributed by atoms with van der Waals surface area (Å²) < 4.78 is 20.6. The smallest absolute Gasteiger partial charge is 0.241 e. The summed E-state index contributed by atoms with van der Waals surface area (Å²) in [7, 11) is 0. The van der Waals surface area contributed by atoms with E-state index in [-0.39, 0.29) is 11.3 Å². The van der Waals surface area contributed by atoms with Crippen LogP contribution in [0.4, 0.5) is 10.1 Å². The van der Waals surface area contributed by atoms with Crippen LogP contribution in [0, 0.1) is 24.1 Å². The number of nitrogens with two attached hydrogens (primary N) is 1. The Labute approximate surface area is 110 Å². The Morgan fingerprint density at radius 3 is 2.84 bits per heavy atom. The van der Waals surface area contributed by atoms with Crippen molar-refractivity contribution in [2.45, 2.75) is 20.4 Å². The van der Waals surface area contributed by atoms with Gasteiger partial charge < -0.3 is 10.5 Å². The van der Waals surface area contributed by atoms with Crippen molar-refractivity contribution in [3.8, 4) is 17.7 Å². The van der Waals surface area contributed by atoms with Gasteiger partial charge in [0.1, 0.15) is 23.3 Å². The van der Waals surface area contributed by atoms with Gasteiger partial charge in [-0.05, 0) is 26.0 Å². The molecule has 0 radical (unpaired) electrons. The summed E-state index contributed by atoms with van der Waals surface area (Å²) in [4.78, 5) is 0. The Morgan fingerprint density at radius 1 is 1.53 bits per heavy atom. The fraction of sp³-hybridized carbons (Fsp3) is 0.231. The Kier molecular flexibility index (Phi) is 3.38.